The zero-order chi connectivity index (χ0) is 15.9. The first-order chi connectivity index (χ1) is 9.87. The summed E-state index contributed by atoms with van der Waals surface area (Å²) in [6.07, 6.45) is 6.47. The first-order valence-electron chi connectivity index (χ1n) is 8.10. The Labute approximate surface area is 127 Å². The monoisotopic (exact) mass is 299 g/mol. The van der Waals surface area contributed by atoms with E-state index in [9.17, 15) is 19.8 Å². The molecule has 1 fully saturated rings. The lowest BCUT2D eigenvalue weighted by molar-refractivity contribution is -0.152. The molecule has 0 spiro atoms. The molecule has 0 bridgehead atoms. The van der Waals surface area contributed by atoms with Crippen LogP contribution in [0.2, 0.25) is 0 Å². The molecule has 21 heavy (non-hydrogen) atoms. The molecule has 1 aliphatic rings. The molecule has 3 N–H and O–H groups in total. The fourth-order valence-corrected chi connectivity index (χ4v) is 3.07. The van der Waals surface area contributed by atoms with Gasteiger partial charge in [0.2, 0.25) is 5.91 Å². The van der Waals surface area contributed by atoms with Gasteiger partial charge in [0.05, 0.1) is 11.0 Å². The third-order valence-electron chi connectivity index (χ3n) is 4.96. The van der Waals surface area contributed by atoms with E-state index in [1.165, 1.54) is 0 Å². The number of carbonyl (C=O) groups excluding carboxylic acids is 1. The zero-order valence-electron chi connectivity index (χ0n) is 13.3. The summed E-state index contributed by atoms with van der Waals surface area (Å²) >= 11 is 0. The van der Waals surface area contributed by atoms with Crippen molar-refractivity contribution < 1.29 is 19.8 Å². The molecule has 0 radical (unpaired) electrons. The van der Waals surface area contributed by atoms with Crippen LogP contribution >= 0.6 is 0 Å². The summed E-state index contributed by atoms with van der Waals surface area (Å²) in [4.78, 5) is 23.5. The normalized spacial score (nSPS) is 18.8. The van der Waals surface area contributed by atoms with Crippen molar-refractivity contribution in [3.8, 4) is 0 Å². The summed E-state index contributed by atoms with van der Waals surface area (Å²) in [7, 11) is 0. The summed E-state index contributed by atoms with van der Waals surface area (Å²) < 4.78 is 0. The van der Waals surface area contributed by atoms with Gasteiger partial charge in [0.25, 0.3) is 0 Å². The number of amides is 1. The number of aliphatic hydroxyl groups is 1. The molecule has 1 amide bonds. The van der Waals surface area contributed by atoms with Crippen LogP contribution in [0.5, 0.6) is 0 Å². The van der Waals surface area contributed by atoms with Gasteiger partial charge in [-0.25, -0.2) is 0 Å². The highest BCUT2D eigenvalue weighted by atomic mass is 16.4. The van der Waals surface area contributed by atoms with E-state index in [1.807, 2.05) is 0 Å². The fourth-order valence-electron chi connectivity index (χ4n) is 3.07. The van der Waals surface area contributed by atoms with E-state index in [2.05, 4.69) is 5.32 Å². The van der Waals surface area contributed by atoms with Crippen LogP contribution in [0.25, 0.3) is 0 Å². The molecule has 0 aromatic heterocycles. The molecular weight excluding hydrogens is 270 g/mol. The van der Waals surface area contributed by atoms with E-state index in [0.29, 0.717) is 25.7 Å². The van der Waals surface area contributed by atoms with E-state index < -0.39 is 17.0 Å². The lowest BCUT2D eigenvalue weighted by atomic mass is 9.79. The van der Waals surface area contributed by atoms with Crippen LogP contribution < -0.4 is 5.32 Å². The molecule has 5 nitrogen and oxygen atoms in total. The number of hydrogen-bond donors (Lipinski definition) is 3. The average molecular weight is 299 g/mol. The number of carboxylic acids is 1. The number of aliphatic carboxylic acids is 1. The van der Waals surface area contributed by atoms with Crippen molar-refractivity contribution in [3.05, 3.63) is 0 Å². The lowest BCUT2D eigenvalue weighted by Crippen LogP contribution is -2.44. The Kier molecular flexibility index (Phi) is 6.65. The summed E-state index contributed by atoms with van der Waals surface area (Å²) in [5, 5.41) is 22.6. The quantitative estimate of drug-likeness (QED) is 0.630. The Balaban J connectivity index is 2.54. The van der Waals surface area contributed by atoms with Crippen LogP contribution in [-0.4, -0.2) is 34.2 Å². The predicted octanol–water partition coefficient (Wildman–Crippen LogP) is 2.47. The third-order valence-corrected chi connectivity index (χ3v) is 4.96. The van der Waals surface area contributed by atoms with Crippen LogP contribution in [0.1, 0.15) is 71.6 Å². The summed E-state index contributed by atoms with van der Waals surface area (Å²) in [5.41, 5.74) is -1.81. The number of nitrogens with one attached hydrogen (secondary N) is 1. The van der Waals surface area contributed by atoms with Crippen molar-refractivity contribution in [1.29, 1.82) is 0 Å². The van der Waals surface area contributed by atoms with Gasteiger partial charge >= 0.3 is 5.97 Å². The summed E-state index contributed by atoms with van der Waals surface area (Å²) in [6.45, 7) is 3.82. The van der Waals surface area contributed by atoms with Gasteiger partial charge in [-0.1, -0.05) is 39.5 Å². The van der Waals surface area contributed by atoms with Crippen LogP contribution in [0.3, 0.4) is 0 Å². The minimum Gasteiger partial charge on any atom is -0.481 e. The van der Waals surface area contributed by atoms with Crippen molar-refractivity contribution in [2.24, 2.45) is 5.41 Å². The second-order valence-electron chi connectivity index (χ2n) is 6.38. The second kappa shape index (κ2) is 7.78. The minimum absolute atomic E-state index is 0.0224. The molecule has 1 aliphatic carbocycles. The van der Waals surface area contributed by atoms with Gasteiger partial charge in [-0.2, -0.15) is 0 Å². The molecule has 1 saturated carbocycles. The maximum atomic E-state index is 12.1. The van der Waals surface area contributed by atoms with E-state index >= 15 is 0 Å². The Morgan fingerprint density at radius 3 is 2.05 bits per heavy atom. The van der Waals surface area contributed by atoms with Crippen molar-refractivity contribution in [2.45, 2.75) is 77.2 Å². The van der Waals surface area contributed by atoms with Gasteiger partial charge in [-0.3, -0.25) is 9.59 Å². The number of carboxylic acid groups (broad SMARTS) is 1. The van der Waals surface area contributed by atoms with Crippen molar-refractivity contribution in [1.82, 2.24) is 5.32 Å². The molecule has 0 atom stereocenters. The van der Waals surface area contributed by atoms with Crippen LogP contribution in [0.4, 0.5) is 0 Å². The average Bonchev–Trinajstić information content (AvgIpc) is 2.68. The van der Waals surface area contributed by atoms with E-state index in [-0.39, 0.29) is 18.9 Å². The maximum Gasteiger partial charge on any atom is 0.310 e. The summed E-state index contributed by atoms with van der Waals surface area (Å²) in [5.74, 6) is -1.20. The molecule has 0 aromatic rings. The number of rotatable bonds is 7. The first-order valence-corrected chi connectivity index (χ1v) is 8.10. The van der Waals surface area contributed by atoms with Crippen molar-refractivity contribution >= 4 is 11.9 Å². The zero-order valence-corrected chi connectivity index (χ0v) is 13.3. The van der Waals surface area contributed by atoms with Gasteiger partial charge in [-0.05, 0) is 25.7 Å². The SMILES string of the molecule is CCC(CC)(CC(=O)NCC1(O)CCCCCC1)C(=O)O. The van der Waals surface area contributed by atoms with Crippen molar-refractivity contribution in [3.63, 3.8) is 0 Å². The van der Waals surface area contributed by atoms with Crippen LogP contribution in [0, 0.1) is 5.41 Å². The molecule has 0 aliphatic heterocycles. The number of carbonyl (C=O) groups is 2. The van der Waals surface area contributed by atoms with E-state index in [4.69, 9.17) is 0 Å². The molecule has 122 valence electrons. The van der Waals surface area contributed by atoms with E-state index in [1.54, 1.807) is 13.8 Å². The molecule has 0 unspecified atom stereocenters. The van der Waals surface area contributed by atoms with Crippen LogP contribution in [0.15, 0.2) is 0 Å². The first kappa shape index (κ1) is 18.0. The molecular formula is C16H29NO4. The third kappa shape index (κ3) is 4.99. The maximum absolute atomic E-state index is 12.1. The van der Waals surface area contributed by atoms with Gasteiger partial charge in [0.15, 0.2) is 0 Å². The second-order valence-corrected chi connectivity index (χ2v) is 6.38. The Hall–Kier alpha value is -1.10. The highest BCUT2D eigenvalue weighted by molar-refractivity contribution is 5.84. The molecule has 1 rings (SSSR count). The summed E-state index contributed by atoms with van der Waals surface area (Å²) in [6, 6.07) is 0. The largest absolute Gasteiger partial charge is 0.481 e. The lowest BCUT2D eigenvalue weighted by Gasteiger charge is -2.29. The van der Waals surface area contributed by atoms with Gasteiger partial charge in [-0.15, -0.1) is 0 Å². The predicted molar refractivity (Wildman–Crippen MR) is 80.9 cm³/mol. The molecule has 0 aromatic carbocycles. The van der Waals surface area contributed by atoms with Crippen LogP contribution in [-0.2, 0) is 9.59 Å². The highest BCUT2D eigenvalue weighted by Crippen LogP contribution is 2.31. The number of hydrogen-bond acceptors (Lipinski definition) is 3. The van der Waals surface area contributed by atoms with Gasteiger partial charge in [0, 0.05) is 13.0 Å². The molecule has 0 heterocycles. The Morgan fingerprint density at radius 1 is 1.10 bits per heavy atom. The van der Waals surface area contributed by atoms with Gasteiger partial charge in [0.1, 0.15) is 0 Å². The molecule has 0 saturated heterocycles. The topological polar surface area (TPSA) is 86.6 Å². The Bertz CT molecular complexity index is 355. The molecule has 5 heteroatoms. The minimum atomic E-state index is -0.990. The standard InChI is InChI=1S/C16H29NO4/c1-3-15(4-2,14(19)20)11-13(18)17-12-16(21)9-7-5-6-8-10-16/h21H,3-12H2,1-2H3,(H,17,18)(H,19,20). The highest BCUT2D eigenvalue weighted by Gasteiger charge is 2.37. The smallest absolute Gasteiger partial charge is 0.310 e. The van der Waals surface area contributed by atoms with Gasteiger partial charge < -0.3 is 15.5 Å². The fraction of sp³-hybridized carbons (Fsp3) is 0.875. The van der Waals surface area contributed by atoms with Crippen molar-refractivity contribution in [2.75, 3.05) is 6.54 Å². The van der Waals surface area contributed by atoms with E-state index in [0.717, 1.165) is 25.7 Å². The Morgan fingerprint density at radius 2 is 1.62 bits per heavy atom.